The lowest BCUT2D eigenvalue weighted by Crippen LogP contribution is -2.42. The molecule has 1 saturated heterocycles. The molecule has 0 saturated carbocycles. The zero-order valence-corrected chi connectivity index (χ0v) is 19.7. The van der Waals surface area contributed by atoms with Crippen LogP contribution in [0.1, 0.15) is 53.9 Å². The average molecular weight is 477 g/mol. The van der Waals surface area contributed by atoms with Gasteiger partial charge in [-0.15, -0.1) is 0 Å². The highest BCUT2D eigenvalue weighted by molar-refractivity contribution is 7.89. The van der Waals surface area contributed by atoms with Crippen molar-refractivity contribution in [1.82, 2.24) is 9.62 Å². The maximum Gasteiger partial charge on any atom is 0.338 e. The van der Waals surface area contributed by atoms with E-state index in [0.29, 0.717) is 18.8 Å². The highest BCUT2D eigenvalue weighted by atomic mass is 32.2. The van der Waals surface area contributed by atoms with E-state index in [1.807, 2.05) is 13.8 Å². The van der Waals surface area contributed by atoms with Gasteiger partial charge in [0.05, 0.1) is 17.0 Å². The number of amides is 1. The maximum absolute atomic E-state index is 12.9. The van der Waals surface area contributed by atoms with Crippen LogP contribution in [0.5, 0.6) is 0 Å². The molecule has 178 valence electrons. The second-order valence-electron chi connectivity index (χ2n) is 8.47. The predicted molar refractivity (Wildman–Crippen MR) is 119 cm³/mol. The number of esters is 1. The number of nitrogens with one attached hydrogen (secondary N) is 1. The number of hydrogen-bond donors (Lipinski definition) is 1. The zero-order chi connectivity index (χ0) is 24.2. The molecule has 0 radical (unpaired) electrons. The van der Waals surface area contributed by atoms with E-state index in [0.717, 1.165) is 6.42 Å². The van der Waals surface area contributed by atoms with E-state index in [4.69, 9.17) is 9.15 Å². The number of carbonyl (C=O) groups excluding carboxylic acids is 3. The van der Waals surface area contributed by atoms with Crippen molar-refractivity contribution in [2.75, 3.05) is 19.7 Å². The second-order valence-corrected chi connectivity index (χ2v) is 10.4. The van der Waals surface area contributed by atoms with Crippen LogP contribution in [0.2, 0.25) is 0 Å². The highest BCUT2D eigenvalue weighted by Gasteiger charge is 2.31. The van der Waals surface area contributed by atoms with Crippen LogP contribution in [0, 0.1) is 11.8 Å². The molecule has 1 fully saturated rings. The summed E-state index contributed by atoms with van der Waals surface area (Å²) in [6.45, 7) is 5.99. The number of nitrogens with zero attached hydrogens (tertiary/aromatic N) is 1. The second kappa shape index (κ2) is 10.3. The van der Waals surface area contributed by atoms with E-state index in [2.05, 4.69) is 5.32 Å². The van der Waals surface area contributed by atoms with Crippen LogP contribution < -0.4 is 5.32 Å². The molecule has 33 heavy (non-hydrogen) atoms. The summed E-state index contributed by atoms with van der Waals surface area (Å²) in [5.74, 6) is -0.546. The summed E-state index contributed by atoms with van der Waals surface area (Å²) in [6, 6.07) is 8.48. The fourth-order valence-electron chi connectivity index (χ4n) is 3.83. The summed E-state index contributed by atoms with van der Waals surface area (Å²) in [6.07, 6.45) is 0.990. The zero-order valence-electron chi connectivity index (χ0n) is 18.9. The lowest BCUT2D eigenvalue weighted by Gasteiger charge is -2.34. The van der Waals surface area contributed by atoms with Crippen LogP contribution in [0.3, 0.4) is 0 Å². The highest BCUT2D eigenvalue weighted by Crippen LogP contribution is 2.26. The summed E-state index contributed by atoms with van der Waals surface area (Å²) in [5.41, 5.74) is 0.132. The minimum absolute atomic E-state index is 0.00887. The van der Waals surface area contributed by atoms with E-state index >= 15 is 0 Å². The van der Waals surface area contributed by atoms with Crippen molar-refractivity contribution >= 4 is 27.7 Å². The number of piperidine rings is 1. The molecule has 1 aliphatic rings. The lowest BCUT2D eigenvalue weighted by atomic mass is 9.94. The molecule has 3 rings (SSSR count). The van der Waals surface area contributed by atoms with Crippen molar-refractivity contribution in [2.45, 2.75) is 38.6 Å². The predicted octanol–water partition coefficient (Wildman–Crippen LogP) is 2.62. The lowest BCUT2D eigenvalue weighted by molar-refractivity contribution is -0.119. The molecule has 2 atom stereocenters. The Labute approximate surface area is 193 Å². The van der Waals surface area contributed by atoms with E-state index < -0.39 is 28.4 Å². The van der Waals surface area contributed by atoms with Crippen molar-refractivity contribution in [3.63, 3.8) is 0 Å². The largest absolute Gasteiger partial charge is 0.456 e. The van der Waals surface area contributed by atoms with Crippen LogP contribution in [0.4, 0.5) is 0 Å². The van der Waals surface area contributed by atoms with Gasteiger partial charge in [0.1, 0.15) is 5.76 Å². The molecule has 0 bridgehead atoms. The Hall–Kier alpha value is -2.98. The van der Waals surface area contributed by atoms with Gasteiger partial charge in [-0.2, -0.15) is 4.31 Å². The van der Waals surface area contributed by atoms with Gasteiger partial charge in [-0.25, -0.2) is 13.2 Å². The Bertz CT molecular complexity index is 1110. The number of benzene rings is 1. The normalized spacial score (nSPS) is 19.1. The molecule has 2 aromatic rings. The molecular weight excluding hydrogens is 448 g/mol. The molecule has 2 heterocycles. The van der Waals surface area contributed by atoms with Gasteiger partial charge in [0, 0.05) is 20.0 Å². The summed E-state index contributed by atoms with van der Waals surface area (Å²) in [4.78, 5) is 35.6. The summed E-state index contributed by atoms with van der Waals surface area (Å²) in [5, 5.41) is 2.55. The molecule has 1 aromatic heterocycles. The molecule has 1 aromatic carbocycles. The Morgan fingerprint density at radius 3 is 2.30 bits per heavy atom. The Balaban J connectivity index is 1.58. The summed E-state index contributed by atoms with van der Waals surface area (Å²) in [7, 11) is -3.65. The van der Waals surface area contributed by atoms with Gasteiger partial charge in [-0.1, -0.05) is 13.8 Å². The number of rotatable bonds is 8. The minimum Gasteiger partial charge on any atom is -0.456 e. The van der Waals surface area contributed by atoms with Crippen molar-refractivity contribution in [1.29, 1.82) is 0 Å². The van der Waals surface area contributed by atoms with Gasteiger partial charge in [0.25, 0.3) is 0 Å². The molecule has 1 aliphatic heterocycles. The molecule has 1 N–H and O–H groups in total. The standard InChI is InChI=1S/C23H28N2O7S/c1-15-10-16(2)13-25(12-15)33(29,30)20-7-4-18(5-8-20)23(28)31-14-21(27)22-9-6-19(32-22)11-24-17(3)26/h4-9,15-16H,10-14H2,1-3H3,(H,24,26)/t15-,16-/m1/s1. The smallest absolute Gasteiger partial charge is 0.338 e. The molecule has 1 amide bonds. The number of furan rings is 1. The first-order chi connectivity index (χ1) is 15.6. The summed E-state index contributed by atoms with van der Waals surface area (Å²) >= 11 is 0. The average Bonchev–Trinajstić information content (AvgIpc) is 3.24. The van der Waals surface area contributed by atoms with Gasteiger partial charge in [-0.3, -0.25) is 9.59 Å². The third-order valence-electron chi connectivity index (χ3n) is 5.35. The maximum atomic E-state index is 12.9. The minimum atomic E-state index is -3.65. The Kier molecular flexibility index (Phi) is 7.70. The monoisotopic (exact) mass is 476 g/mol. The first-order valence-electron chi connectivity index (χ1n) is 10.7. The van der Waals surface area contributed by atoms with E-state index in [-0.39, 0.29) is 40.5 Å². The Morgan fingerprint density at radius 1 is 1.06 bits per heavy atom. The van der Waals surface area contributed by atoms with Gasteiger partial charge < -0.3 is 14.5 Å². The van der Waals surface area contributed by atoms with Gasteiger partial charge in [0.15, 0.2) is 12.4 Å². The number of ether oxygens (including phenoxy) is 1. The SMILES string of the molecule is CC(=O)NCc1ccc(C(=O)COC(=O)c2ccc(S(=O)(=O)N3C[C@H](C)C[C@@H](C)C3)cc2)o1. The number of sulfonamides is 1. The van der Waals surface area contributed by atoms with E-state index in [1.165, 1.54) is 41.6 Å². The topological polar surface area (TPSA) is 123 Å². The van der Waals surface area contributed by atoms with E-state index in [9.17, 15) is 22.8 Å². The molecule has 0 spiro atoms. The number of hydrogen-bond acceptors (Lipinski definition) is 7. The number of carbonyl (C=O) groups is 3. The van der Waals surface area contributed by atoms with Crippen LogP contribution in [-0.2, 0) is 26.1 Å². The third-order valence-corrected chi connectivity index (χ3v) is 7.19. The number of ketones is 1. The fraction of sp³-hybridized carbons (Fsp3) is 0.435. The quantitative estimate of drug-likeness (QED) is 0.459. The number of Topliss-reactive ketones (excluding diaryl/α,β-unsaturated/α-hetero) is 1. The molecule has 9 nitrogen and oxygen atoms in total. The first kappa shape index (κ1) is 24.7. The van der Waals surface area contributed by atoms with Gasteiger partial charge in [-0.05, 0) is 54.7 Å². The van der Waals surface area contributed by atoms with Crippen LogP contribution in [-0.4, -0.2) is 50.1 Å². The van der Waals surface area contributed by atoms with Crippen molar-refractivity contribution < 1.29 is 32.0 Å². The van der Waals surface area contributed by atoms with Crippen LogP contribution in [0.15, 0.2) is 45.7 Å². The molecular formula is C23H28N2O7S. The van der Waals surface area contributed by atoms with Crippen molar-refractivity contribution in [2.24, 2.45) is 11.8 Å². The fourth-order valence-corrected chi connectivity index (χ4v) is 5.51. The first-order valence-corrected chi connectivity index (χ1v) is 12.1. The van der Waals surface area contributed by atoms with Crippen LogP contribution >= 0.6 is 0 Å². The van der Waals surface area contributed by atoms with Gasteiger partial charge >= 0.3 is 5.97 Å². The van der Waals surface area contributed by atoms with E-state index in [1.54, 1.807) is 6.07 Å². The third kappa shape index (κ3) is 6.29. The molecule has 0 aliphatic carbocycles. The van der Waals surface area contributed by atoms with Gasteiger partial charge in [0.2, 0.25) is 21.7 Å². The Morgan fingerprint density at radius 2 is 1.70 bits per heavy atom. The summed E-state index contributed by atoms with van der Waals surface area (Å²) < 4.78 is 37.8. The molecule has 10 heteroatoms. The van der Waals surface area contributed by atoms with Crippen molar-refractivity contribution in [3.05, 3.63) is 53.5 Å². The molecule has 0 unspecified atom stereocenters. The van der Waals surface area contributed by atoms with Crippen molar-refractivity contribution in [3.8, 4) is 0 Å². The van der Waals surface area contributed by atoms with Crippen LogP contribution in [0.25, 0.3) is 0 Å².